The molecule has 0 bridgehead atoms. The third-order valence-electron chi connectivity index (χ3n) is 3.30. The summed E-state index contributed by atoms with van der Waals surface area (Å²) in [5.41, 5.74) is 1.49. The highest BCUT2D eigenvalue weighted by atomic mass is 35.5. The summed E-state index contributed by atoms with van der Waals surface area (Å²) >= 11 is 11.5. The highest BCUT2D eigenvalue weighted by molar-refractivity contribution is 7.80. The van der Waals surface area contributed by atoms with Gasteiger partial charge in [-0.2, -0.15) is 0 Å². The quantitative estimate of drug-likeness (QED) is 0.783. The molecule has 0 aromatic heterocycles. The lowest BCUT2D eigenvalue weighted by Crippen LogP contribution is -2.29. The van der Waals surface area contributed by atoms with Gasteiger partial charge in [0.2, 0.25) is 0 Å². The third kappa shape index (κ3) is 4.30. The molecular formula is C16H19ClN2O3S. The molecule has 0 fully saturated rings. The Morgan fingerprint density at radius 1 is 1.00 bits per heavy atom. The normalized spacial score (nSPS) is 13.6. The van der Waals surface area contributed by atoms with E-state index in [1.165, 1.54) is 0 Å². The first-order chi connectivity index (χ1) is 11.1. The molecule has 0 heterocycles. The number of allylic oxidation sites excluding steroid dienone is 2. The van der Waals surface area contributed by atoms with E-state index in [1.807, 2.05) is 12.2 Å². The summed E-state index contributed by atoms with van der Waals surface area (Å²) in [6, 6.07) is 3.41. The fraction of sp³-hybridized carbons (Fsp3) is 0.312. The van der Waals surface area contributed by atoms with Gasteiger partial charge in [0.15, 0.2) is 5.11 Å². The molecule has 23 heavy (non-hydrogen) atoms. The van der Waals surface area contributed by atoms with Gasteiger partial charge in [0.1, 0.15) is 17.3 Å². The van der Waals surface area contributed by atoms with Crippen LogP contribution in [0.5, 0.6) is 11.5 Å². The molecule has 0 amide bonds. The Morgan fingerprint density at radius 2 is 1.70 bits per heavy atom. The molecule has 0 aliphatic heterocycles. The van der Waals surface area contributed by atoms with Crippen LogP contribution in [-0.2, 0) is 4.74 Å². The average Bonchev–Trinajstić information content (AvgIpc) is 2.55. The first-order valence-electron chi connectivity index (χ1n) is 7.03. The van der Waals surface area contributed by atoms with Gasteiger partial charge in [-0.25, -0.2) is 0 Å². The topological polar surface area (TPSA) is 51.8 Å². The molecule has 1 aromatic rings. The van der Waals surface area contributed by atoms with E-state index in [2.05, 4.69) is 10.6 Å². The van der Waals surface area contributed by atoms with Gasteiger partial charge < -0.3 is 24.8 Å². The zero-order chi connectivity index (χ0) is 16.8. The molecule has 0 spiro atoms. The number of halogens is 1. The van der Waals surface area contributed by atoms with Crippen LogP contribution in [0.2, 0.25) is 5.02 Å². The van der Waals surface area contributed by atoms with Gasteiger partial charge >= 0.3 is 0 Å². The lowest BCUT2D eigenvalue weighted by molar-refractivity contribution is 0.294. The maximum Gasteiger partial charge on any atom is 0.175 e. The Hall–Kier alpha value is -1.92. The van der Waals surface area contributed by atoms with Gasteiger partial charge in [0, 0.05) is 6.07 Å². The summed E-state index contributed by atoms with van der Waals surface area (Å²) in [4.78, 5) is 0. The summed E-state index contributed by atoms with van der Waals surface area (Å²) in [5, 5.41) is 7.09. The van der Waals surface area contributed by atoms with Crippen molar-refractivity contribution >= 4 is 34.6 Å². The molecule has 0 atom stereocenters. The Morgan fingerprint density at radius 3 is 2.35 bits per heavy atom. The fourth-order valence-corrected chi connectivity index (χ4v) is 2.65. The summed E-state index contributed by atoms with van der Waals surface area (Å²) in [5.74, 6) is 1.89. The number of anilines is 1. The Balaban J connectivity index is 2.13. The van der Waals surface area contributed by atoms with Crippen LogP contribution in [-0.4, -0.2) is 26.4 Å². The van der Waals surface area contributed by atoms with Gasteiger partial charge in [0.25, 0.3) is 0 Å². The lowest BCUT2D eigenvalue weighted by atomic mass is 10.1. The number of benzene rings is 1. The molecule has 1 aliphatic carbocycles. The molecule has 124 valence electrons. The van der Waals surface area contributed by atoms with Crippen molar-refractivity contribution in [1.29, 1.82) is 0 Å². The molecule has 5 nitrogen and oxygen atoms in total. The van der Waals surface area contributed by atoms with E-state index in [9.17, 15) is 0 Å². The minimum atomic E-state index is 0.417. The van der Waals surface area contributed by atoms with Crippen molar-refractivity contribution in [3.05, 3.63) is 40.8 Å². The maximum atomic E-state index is 6.15. The van der Waals surface area contributed by atoms with Crippen LogP contribution in [0.3, 0.4) is 0 Å². The molecule has 0 radical (unpaired) electrons. The Labute approximate surface area is 146 Å². The van der Waals surface area contributed by atoms with E-state index in [-0.39, 0.29) is 0 Å². The van der Waals surface area contributed by atoms with Crippen molar-refractivity contribution in [1.82, 2.24) is 5.32 Å². The fourth-order valence-electron chi connectivity index (χ4n) is 2.19. The zero-order valence-electron chi connectivity index (χ0n) is 13.2. The monoisotopic (exact) mass is 354 g/mol. The van der Waals surface area contributed by atoms with E-state index in [0.29, 0.717) is 27.3 Å². The Kier molecular flexibility index (Phi) is 6.12. The summed E-state index contributed by atoms with van der Waals surface area (Å²) in [7, 11) is 4.75. The van der Waals surface area contributed by atoms with Crippen LogP contribution in [0, 0.1) is 0 Å². The van der Waals surface area contributed by atoms with E-state index >= 15 is 0 Å². The smallest absolute Gasteiger partial charge is 0.175 e. The van der Waals surface area contributed by atoms with Crippen LogP contribution in [0.1, 0.15) is 12.8 Å². The lowest BCUT2D eigenvalue weighted by Gasteiger charge is -2.19. The number of thiocarbonyl (C=S) groups is 1. The van der Waals surface area contributed by atoms with Crippen molar-refractivity contribution in [2.75, 3.05) is 26.6 Å². The minimum Gasteiger partial charge on any atom is -0.495 e. The number of hydrogen-bond donors (Lipinski definition) is 2. The van der Waals surface area contributed by atoms with Crippen molar-refractivity contribution < 1.29 is 14.2 Å². The number of rotatable bonds is 5. The molecule has 1 aromatic carbocycles. The van der Waals surface area contributed by atoms with Gasteiger partial charge in [0.05, 0.1) is 37.7 Å². The first-order valence-corrected chi connectivity index (χ1v) is 7.81. The maximum absolute atomic E-state index is 6.15. The van der Waals surface area contributed by atoms with E-state index < -0.39 is 0 Å². The minimum absolute atomic E-state index is 0.417. The van der Waals surface area contributed by atoms with Crippen LogP contribution in [0.15, 0.2) is 35.7 Å². The molecule has 0 saturated carbocycles. The second-order valence-electron chi connectivity index (χ2n) is 4.73. The third-order valence-corrected chi connectivity index (χ3v) is 3.80. The van der Waals surface area contributed by atoms with Crippen molar-refractivity contribution in [2.45, 2.75) is 12.8 Å². The van der Waals surface area contributed by atoms with E-state index in [4.69, 9.17) is 38.0 Å². The first kappa shape index (κ1) is 17.4. The predicted octanol–water partition coefficient (Wildman–Crippen LogP) is 3.85. The highest BCUT2D eigenvalue weighted by Gasteiger charge is 2.14. The Bertz CT molecular complexity index is 659. The van der Waals surface area contributed by atoms with Gasteiger partial charge in [-0.1, -0.05) is 17.7 Å². The largest absolute Gasteiger partial charge is 0.495 e. The van der Waals surface area contributed by atoms with Gasteiger partial charge in [-0.15, -0.1) is 0 Å². The molecule has 7 heteroatoms. The van der Waals surface area contributed by atoms with E-state index in [1.54, 1.807) is 33.5 Å². The van der Waals surface area contributed by atoms with Gasteiger partial charge in [-0.3, -0.25) is 0 Å². The van der Waals surface area contributed by atoms with Crippen LogP contribution >= 0.6 is 23.8 Å². The van der Waals surface area contributed by atoms with Crippen molar-refractivity contribution in [2.24, 2.45) is 0 Å². The second-order valence-corrected chi connectivity index (χ2v) is 5.55. The van der Waals surface area contributed by atoms with Crippen molar-refractivity contribution in [3.63, 3.8) is 0 Å². The predicted molar refractivity (Wildman–Crippen MR) is 96.3 cm³/mol. The van der Waals surface area contributed by atoms with E-state index in [0.717, 1.165) is 24.3 Å². The average molecular weight is 355 g/mol. The number of methoxy groups -OCH3 is 3. The van der Waals surface area contributed by atoms with Gasteiger partial charge in [-0.05, 0) is 37.2 Å². The number of ether oxygens (including phenoxy) is 3. The zero-order valence-corrected chi connectivity index (χ0v) is 14.8. The van der Waals surface area contributed by atoms with Crippen LogP contribution in [0.4, 0.5) is 5.69 Å². The standard InChI is InChI=1S/C16H19ClN2O3S/c1-20-13-7-5-4-6-11(13)18-16(23)19-12-8-10(17)14(21-2)9-15(12)22-3/h6-9H,4-5H2,1-3H3,(H2,18,19,23). The molecule has 2 rings (SSSR count). The second kappa shape index (κ2) is 8.08. The summed E-state index contributed by atoms with van der Waals surface area (Å²) < 4.78 is 15.8. The van der Waals surface area contributed by atoms with Crippen molar-refractivity contribution in [3.8, 4) is 11.5 Å². The molecule has 1 aliphatic rings. The molecule has 0 saturated heterocycles. The summed E-state index contributed by atoms with van der Waals surface area (Å²) in [6.07, 6.45) is 5.97. The number of hydrogen-bond acceptors (Lipinski definition) is 4. The van der Waals surface area contributed by atoms with Crippen LogP contribution < -0.4 is 20.1 Å². The van der Waals surface area contributed by atoms with Crippen LogP contribution in [0.25, 0.3) is 0 Å². The molecule has 0 unspecified atom stereocenters. The molecule has 2 N–H and O–H groups in total. The highest BCUT2D eigenvalue weighted by Crippen LogP contribution is 2.35. The molecular weight excluding hydrogens is 336 g/mol. The number of nitrogens with one attached hydrogen (secondary N) is 2. The SMILES string of the molecule is COC1=CCCC=C1NC(=S)Nc1cc(Cl)c(OC)cc1OC. The summed E-state index contributed by atoms with van der Waals surface area (Å²) in [6.45, 7) is 0.